The molecule has 2 N–H and O–H groups in total. The molecule has 0 radical (unpaired) electrons. The molecule has 1 heterocycles. The highest BCUT2D eigenvalue weighted by Crippen LogP contribution is 2.36. The predicted octanol–water partition coefficient (Wildman–Crippen LogP) is 5.78. The van der Waals surface area contributed by atoms with E-state index in [2.05, 4.69) is 21.2 Å². The number of anilines is 1. The third kappa shape index (κ3) is 3.92. The van der Waals surface area contributed by atoms with Crippen molar-refractivity contribution in [3.63, 3.8) is 0 Å². The first-order chi connectivity index (χ1) is 12.0. The first kappa shape index (κ1) is 17.7. The third-order valence-electron chi connectivity index (χ3n) is 3.47. The Bertz CT molecular complexity index is 936. The molecule has 126 valence electrons. The van der Waals surface area contributed by atoms with Crippen LogP contribution in [0.5, 0.6) is 0 Å². The van der Waals surface area contributed by atoms with Gasteiger partial charge >= 0.3 is 5.97 Å². The van der Waals surface area contributed by atoms with Gasteiger partial charge in [-0.25, -0.2) is 4.79 Å². The number of benzene rings is 2. The Morgan fingerprint density at radius 3 is 2.28 bits per heavy atom. The van der Waals surface area contributed by atoms with Crippen LogP contribution >= 0.6 is 38.9 Å². The Morgan fingerprint density at radius 2 is 1.68 bits per heavy atom. The van der Waals surface area contributed by atoms with E-state index in [1.807, 2.05) is 0 Å². The summed E-state index contributed by atoms with van der Waals surface area (Å²) in [6.45, 7) is 0. The van der Waals surface area contributed by atoms with Gasteiger partial charge in [-0.15, -0.1) is 11.3 Å². The molecule has 0 unspecified atom stereocenters. The summed E-state index contributed by atoms with van der Waals surface area (Å²) in [5, 5.41) is 14.5. The fourth-order valence-electron chi connectivity index (χ4n) is 2.27. The second kappa shape index (κ2) is 7.39. The van der Waals surface area contributed by atoms with Gasteiger partial charge in [-0.3, -0.25) is 4.79 Å². The Labute approximate surface area is 161 Å². The van der Waals surface area contributed by atoms with Crippen molar-refractivity contribution in [1.29, 1.82) is 0 Å². The number of rotatable bonds is 4. The van der Waals surface area contributed by atoms with E-state index < -0.39 is 5.97 Å². The Kier molecular flexibility index (Phi) is 5.22. The van der Waals surface area contributed by atoms with Crippen LogP contribution < -0.4 is 5.32 Å². The zero-order valence-electron chi connectivity index (χ0n) is 12.6. The van der Waals surface area contributed by atoms with Gasteiger partial charge in [0.1, 0.15) is 5.56 Å². The number of hydrogen-bond donors (Lipinski definition) is 2. The van der Waals surface area contributed by atoms with Crippen molar-refractivity contribution in [1.82, 2.24) is 0 Å². The fraction of sp³-hybridized carbons (Fsp3) is 0. The summed E-state index contributed by atoms with van der Waals surface area (Å²) < 4.78 is 0.857. The van der Waals surface area contributed by atoms with Crippen molar-refractivity contribution in [3.05, 3.63) is 74.5 Å². The molecule has 4 nitrogen and oxygen atoms in total. The number of thiophene rings is 1. The first-order valence-electron chi connectivity index (χ1n) is 7.13. The van der Waals surface area contributed by atoms with Crippen molar-refractivity contribution >= 4 is 56.4 Å². The van der Waals surface area contributed by atoms with Gasteiger partial charge in [-0.2, -0.15) is 0 Å². The van der Waals surface area contributed by atoms with Gasteiger partial charge in [-0.05, 0) is 42.0 Å². The molecule has 0 aliphatic heterocycles. The lowest BCUT2D eigenvalue weighted by Crippen LogP contribution is -2.13. The third-order valence-corrected chi connectivity index (χ3v) is 5.28. The van der Waals surface area contributed by atoms with Crippen molar-refractivity contribution in [3.8, 4) is 10.4 Å². The maximum Gasteiger partial charge on any atom is 0.339 e. The van der Waals surface area contributed by atoms with E-state index in [0.29, 0.717) is 15.5 Å². The Hall–Kier alpha value is -2.15. The van der Waals surface area contributed by atoms with Crippen molar-refractivity contribution < 1.29 is 14.7 Å². The molecule has 3 aromatic rings. The molecule has 0 saturated carbocycles. The lowest BCUT2D eigenvalue weighted by atomic mass is 10.1. The Morgan fingerprint density at radius 1 is 1.04 bits per heavy atom. The molecule has 3 rings (SSSR count). The minimum Gasteiger partial charge on any atom is -0.478 e. The largest absolute Gasteiger partial charge is 0.478 e. The molecule has 0 fully saturated rings. The maximum atomic E-state index is 12.4. The van der Waals surface area contributed by atoms with Gasteiger partial charge in [0.05, 0.1) is 10.6 Å². The van der Waals surface area contributed by atoms with Crippen molar-refractivity contribution in [2.75, 3.05) is 5.32 Å². The van der Waals surface area contributed by atoms with Gasteiger partial charge in [0, 0.05) is 20.4 Å². The van der Waals surface area contributed by atoms with Crippen LogP contribution in [0.3, 0.4) is 0 Å². The molecule has 25 heavy (non-hydrogen) atoms. The van der Waals surface area contributed by atoms with E-state index in [1.54, 1.807) is 53.9 Å². The molecule has 0 aliphatic rings. The fourth-order valence-corrected chi connectivity index (χ4v) is 3.66. The van der Waals surface area contributed by atoms with E-state index in [1.165, 1.54) is 11.3 Å². The highest BCUT2D eigenvalue weighted by atomic mass is 79.9. The normalized spacial score (nSPS) is 10.5. The number of carboxylic acids is 1. The summed E-state index contributed by atoms with van der Waals surface area (Å²) in [5.74, 6) is -1.47. The summed E-state index contributed by atoms with van der Waals surface area (Å²) in [6.07, 6.45) is 0. The number of aromatic carboxylic acids is 1. The van der Waals surface area contributed by atoms with E-state index in [0.717, 1.165) is 10.0 Å². The van der Waals surface area contributed by atoms with Gasteiger partial charge in [0.15, 0.2) is 0 Å². The average Bonchev–Trinajstić information content (AvgIpc) is 3.00. The van der Waals surface area contributed by atoms with E-state index in [4.69, 9.17) is 11.6 Å². The van der Waals surface area contributed by atoms with Crippen LogP contribution in [0.4, 0.5) is 5.69 Å². The topological polar surface area (TPSA) is 66.4 Å². The predicted molar refractivity (Wildman–Crippen MR) is 104 cm³/mol. The van der Waals surface area contributed by atoms with Crippen LogP contribution in [0.2, 0.25) is 5.02 Å². The van der Waals surface area contributed by atoms with Crippen molar-refractivity contribution in [2.45, 2.75) is 0 Å². The highest BCUT2D eigenvalue weighted by molar-refractivity contribution is 9.10. The molecule has 0 aliphatic carbocycles. The molecule has 0 spiro atoms. The van der Waals surface area contributed by atoms with Gasteiger partial charge in [-0.1, -0.05) is 39.7 Å². The summed E-state index contributed by atoms with van der Waals surface area (Å²) in [6, 6.07) is 13.7. The van der Waals surface area contributed by atoms with Crippen LogP contribution in [-0.2, 0) is 0 Å². The van der Waals surface area contributed by atoms with Crippen molar-refractivity contribution in [2.24, 2.45) is 0 Å². The SMILES string of the molecule is O=C(Nc1csc(-c2ccc(Cl)cc2)c1C(=O)O)c1ccc(Br)cc1. The Balaban J connectivity index is 1.94. The molecule has 7 heteroatoms. The molecule has 0 bridgehead atoms. The second-order valence-electron chi connectivity index (χ2n) is 5.13. The average molecular weight is 437 g/mol. The highest BCUT2D eigenvalue weighted by Gasteiger charge is 2.21. The monoisotopic (exact) mass is 435 g/mol. The molecular weight excluding hydrogens is 426 g/mol. The minimum absolute atomic E-state index is 0.0674. The standard InChI is InChI=1S/C18H11BrClNO3S/c19-12-5-1-11(2-6-12)17(22)21-14-9-25-16(15(14)18(23)24)10-3-7-13(20)8-4-10/h1-9H,(H,21,22)(H,23,24). The summed E-state index contributed by atoms with van der Waals surface area (Å²) in [7, 11) is 0. The maximum absolute atomic E-state index is 12.4. The van der Waals surface area contributed by atoms with Gasteiger partial charge in [0.2, 0.25) is 0 Å². The molecule has 0 atom stereocenters. The number of carboxylic acid groups (broad SMARTS) is 1. The molecule has 1 amide bonds. The van der Waals surface area contributed by atoms with E-state index in [9.17, 15) is 14.7 Å². The summed E-state index contributed by atoms with van der Waals surface area (Å²) >= 11 is 10.4. The first-order valence-corrected chi connectivity index (χ1v) is 9.18. The lowest BCUT2D eigenvalue weighted by molar-refractivity contribution is 0.0699. The smallest absolute Gasteiger partial charge is 0.339 e. The van der Waals surface area contributed by atoms with Crippen LogP contribution in [0, 0.1) is 0 Å². The summed E-state index contributed by atoms with van der Waals surface area (Å²) in [4.78, 5) is 24.7. The van der Waals surface area contributed by atoms with E-state index in [-0.39, 0.29) is 17.2 Å². The number of amides is 1. The zero-order chi connectivity index (χ0) is 18.0. The number of hydrogen-bond acceptors (Lipinski definition) is 3. The van der Waals surface area contributed by atoms with Crippen LogP contribution in [0.25, 0.3) is 10.4 Å². The minimum atomic E-state index is -1.10. The van der Waals surface area contributed by atoms with Crippen LogP contribution in [0.15, 0.2) is 58.4 Å². The molecule has 1 aromatic heterocycles. The van der Waals surface area contributed by atoms with Crippen LogP contribution in [0.1, 0.15) is 20.7 Å². The number of halogens is 2. The van der Waals surface area contributed by atoms with E-state index >= 15 is 0 Å². The number of nitrogens with one attached hydrogen (secondary N) is 1. The molecular formula is C18H11BrClNO3S. The quantitative estimate of drug-likeness (QED) is 0.544. The number of carbonyl (C=O) groups is 2. The second-order valence-corrected chi connectivity index (χ2v) is 7.36. The lowest BCUT2D eigenvalue weighted by Gasteiger charge is -2.06. The van der Waals surface area contributed by atoms with Gasteiger partial charge in [0.25, 0.3) is 5.91 Å². The molecule has 2 aromatic carbocycles. The van der Waals surface area contributed by atoms with Gasteiger partial charge < -0.3 is 10.4 Å². The number of carbonyl (C=O) groups excluding carboxylic acids is 1. The van der Waals surface area contributed by atoms with Crippen LogP contribution in [-0.4, -0.2) is 17.0 Å². The summed E-state index contributed by atoms with van der Waals surface area (Å²) in [5.41, 5.74) is 1.52. The molecule has 0 saturated heterocycles. The zero-order valence-corrected chi connectivity index (χ0v) is 15.8.